The number of halogens is 1. The van der Waals surface area contributed by atoms with Crippen LogP contribution in [0.25, 0.3) is 0 Å². The van der Waals surface area contributed by atoms with Gasteiger partial charge in [0.2, 0.25) is 0 Å². The molecule has 0 N–H and O–H groups in total. The standard InChI is InChI=1S/C7H5ClOS/c8-4-3-6(9)7-2-1-5-10-7/h1-5H/b4-3+. The molecule has 0 aliphatic carbocycles. The summed E-state index contributed by atoms with van der Waals surface area (Å²) in [5.41, 5.74) is 1.22. The molecule has 0 unspecified atom stereocenters. The predicted molar refractivity (Wildman–Crippen MR) is 43.6 cm³/mol. The van der Waals surface area contributed by atoms with Crippen molar-refractivity contribution in [1.29, 1.82) is 0 Å². The lowest BCUT2D eigenvalue weighted by atomic mass is 10.3. The lowest BCUT2D eigenvalue weighted by molar-refractivity contribution is 0.105. The molecule has 0 aromatic carbocycles. The molecule has 0 radical (unpaired) electrons. The van der Waals surface area contributed by atoms with Crippen molar-refractivity contribution in [1.82, 2.24) is 0 Å². The minimum Gasteiger partial charge on any atom is -0.288 e. The van der Waals surface area contributed by atoms with Gasteiger partial charge in [0.25, 0.3) is 0 Å². The predicted octanol–water partition coefficient (Wildman–Crippen LogP) is 2.68. The maximum absolute atomic E-state index is 10.9. The normalized spacial score (nSPS) is 10.5. The van der Waals surface area contributed by atoms with E-state index in [9.17, 15) is 4.79 Å². The van der Waals surface area contributed by atoms with Gasteiger partial charge in [-0.05, 0) is 17.5 Å². The molecule has 1 aromatic heterocycles. The minimum atomic E-state index is -0.0370. The summed E-state index contributed by atoms with van der Waals surface area (Å²) in [4.78, 5) is 11.7. The highest BCUT2D eigenvalue weighted by Crippen LogP contribution is 2.09. The molecule has 0 spiro atoms. The van der Waals surface area contributed by atoms with Crippen molar-refractivity contribution in [3.05, 3.63) is 34.0 Å². The molecule has 3 heteroatoms. The number of hydrogen-bond donors (Lipinski definition) is 0. The minimum absolute atomic E-state index is 0.0370. The average molecular weight is 173 g/mol. The zero-order valence-corrected chi connectivity index (χ0v) is 6.65. The number of thiophene rings is 1. The van der Waals surface area contributed by atoms with Crippen LogP contribution in [0.1, 0.15) is 9.67 Å². The molecule has 1 aromatic rings. The Hall–Kier alpha value is -0.600. The van der Waals surface area contributed by atoms with Crippen molar-refractivity contribution in [3.8, 4) is 0 Å². The largest absolute Gasteiger partial charge is 0.288 e. The monoisotopic (exact) mass is 172 g/mol. The number of ketones is 1. The van der Waals surface area contributed by atoms with E-state index >= 15 is 0 Å². The van der Waals surface area contributed by atoms with E-state index in [1.807, 2.05) is 11.4 Å². The van der Waals surface area contributed by atoms with Crippen molar-refractivity contribution in [2.75, 3.05) is 0 Å². The van der Waals surface area contributed by atoms with E-state index in [4.69, 9.17) is 11.6 Å². The molecule has 0 saturated carbocycles. The first-order valence-electron chi connectivity index (χ1n) is 2.69. The van der Waals surface area contributed by atoms with E-state index in [0.717, 1.165) is 4.88 Å². The Balaban J connectivity index is 2.78. The number of rotatable bonds is 2. The molecule has 0 fully saturated rings. The third kappa shape index (κ3) is 1.69. The number of carbonyl (C=O) groups excluding carboxylic acids is 1. The second-order valence-corrected chi connectivity index (χ2v) is 2.83. The fourth-order valence-corrected chi connectivity index (χ4v) is 1.32. The summed E-state index contributed by atoms with van der Waals surface area (Å²) >= 11 is 6.63. The van der Waals surface area contributed by atoms with Gasteiger partial charge >= 0.3 is 0 Å². The van der Waals surface area contributed by atoms with Crippen LogP contribution in [0, 0.1) is 0 Å². The highest BCUT2D eigenvalue weighted by Gasteiger charge is 1.99. The van der Waals surface area contributed by atoms with Crippen molar-refractivity contribution in [2.24, 2.45) is 0 Å². The van der Waals surface area contributed by atoms with Crippen LogP contribution in [-0.4, -0.2) is 5.78 Å². The fraction of sp³-hybridized carbons (Fsp3) is 0. The van der Waals surface area contributed by atoms with Crippen molar-refractivity contribution in [3.63, 3.8) is 0 Å². The zero-order valence-electron chi connectivity index (χ0n) is 5.08. The molecule has 1 heterocycles. The quantitative estimate of drug-likeness (QED) is 0.495. The highest BCUT2D eigenvalue weighted by atomic mass is 35.5. The second-order valence-electron chi connectivity index (χ2n) is 1.63. The van der Waals surface area contributed by atoms with Crippen LogP contribution in [0.2, 0.25) is 0 Å². The molecule has 1 rings (SSSR count). The molecule has 0 amide bonds. The lowest BCUT2D eigenvalue weighted by Gasteiger charge is -1.83. The first kappa shape index (κ1) is 7.51. The zero-order chi connectivity index (χ0) is 7.40. The van der Waals surface area contributed by atoms with Gasteiger partial charge in [0.1, 0.15) is 0 Å². The Kier molecular flexibility index (Phi) is 2.66. The van der Waals surface area contributed by atoms with Crippen LogP contribution in [0.15, 0.2) is 29.1 Å². The lowest BCUT2D eigenvalue weighted by Crippen LogP contribution is -1.86. The Morgan fingerprint density at radius 3 is 3.00 bits per heavy atom. The van der Waals surface area contributed by atoms with Gasteiger partial charge in [-0.15, -0.1) is 11.3 Å². The summed E-state index contributed by atoms with van der Waals surface area (Å²) < 4.78 is 0. The van der Waals surface area contributed by atoms with Gasteiger partial charge in [-0.1, -0.05) is 17.7 Å². The summed E-state index contributed by atoms with van der Waals surface area (Å²) in [6.45, 7) is 0. The Labute approximate surface area is 67.9 Å². The molecule has 10 heavy (non-hydrogen) atoms. The Bertz CT molecular complexity index is 238. The molecule has 0 bridgehead atoms. The van der Waals surface area contributed by atoms with Crippen molar-refractivity contribution >= 4 is 28.7 Å². The van der Waals surface area contributed by atoms with E-state index in [1.54, 1.807) is 6.07 Å². The van der Waals surface area contributed by atoms with E-state index in [2.05, 4.69) is 0 Å². The molecule has 0 saturated heterocycles. The molecule has 0 aliphatic rings. The summed E-state index contributed by atoms with van der Waals surface area (Å²) in [6.07, 6.45) is 1.34. The first-order valence-corrected chi connectivity index (χ1v) is 4.01. The number of allylic oxidation sites excluding steroid dienone is 1. The Morgan fingerprint density at radius 1 is 1.70 bits per heavy atom. The first-order chi connectivity index (χ1) is 4.84. The van der Waals surface area contributed by atoms with Gasteiger partial charge in [0.15, 0.2) is 5.78 Å². The van der Waals surface area contributed by atoms with Gasteiger partial charge in [-0.3, -0.25) is 4.79 Å². The summed E-state index contributed by atoms with van der Waals surface area (Å²) in [7, 11) is 0. The topological polar surface area (TPSA) is 17.1 Å². The number of hydrogen-bond acceptors (Lipinski definition) is 2. The van der Waals surface area contributed by atoms with Crippen molar-refractivity contribution in [2.45, 2.75) is 0 Å². The van der Waals surface area contributed by atoms with Crippen LogP contribution in [0.5, 0.6) is 0 Å². The third-order valence-electron chi connectivity index (χ3n) is 0.978. The summed E-state index contributed by atoms with van der Waals surface area (Å²) in [6, 6.07) is 3.60. The molecule has 1 nitrogen and oxygen atoms in total. The van der Waals surface area contributed by atoms with Crippen LogP contribution < -0.4 is 0 Å². The van der Waals surface area contributed by atoms with E-state index in [-0.39, 0.29) is 5.78 Å². The number of carbonyl (C=O) groups is 1. The Morgan fingerprint density at radius 2 is 2.50 bits per heavy atom. The van der Waals surface area contributed by atoms with Crippen LogP contribution in [0.3, 0.4) is 0 Å². The van der Waals surface area contributed by atoms with E-state index in [0.29, 0.717) is 0 Å². The van der Waals surface area contributed by atoms with Gasteiger partial charge < -0.3 is 0 Å². The summed E-state index contributed by atoms with van der Waals surface area (Å²) in [5.74, 6) is -0.0370. The van der Waals surface area contributed by atoms with Gasteiger partial charge in [-0.25, -0.2) is 0 Å². The van der Waals surface area contributed by atoms with Crippen molar-refractivity contribution < 1.29 is 4.79 Å². The molecular weight excluding hydrogens is 168 g/mol. The highest BCUT2D eigenvalue weighted by molar-refractivity contribution is 7.12. The van der Waals surface area contributed by atoms with Crippen LogP contribution >= 0.6 is 22.9 Å². The van der Waals surface area contributed by atoms with Gasteiger partial charge in [0.05, 0.1) is 4.88 Å². The van der Waals surface area contributed by atoms with E-state index < -0.39 is 0 Å². The summed E-state index contributed by atoms with van der Waals surface area (Å²) in [5, 5.41) is 1.86. The smallest absolute Gasteiger partial charge is 0.196 e. The molecular formula is C7H5ClOS. The molecule has 52 valence electrons. The van der Waals surface area contributed by atoms with Gasteiger partial charge in [0, 0.05) is 5.54 Å². The second kappa shape index (κ2) is 3.54. The maximum atomic E-state index is 10.9. The third-order valence-corrected chi connectivity index (χ3v) is 1.99. The SMILES string of the molecule is O=C(/C=C/Cl)c1cccs1. The maximum Gasteiger partial charge on any atom is 0.196 e. The van der Waals surface area contributed by atoms with Crippen LogP contribution in [0.4, 0.5) is 0 Å². The fourth-order valence-electron chi connectivity index (χ4n) is 0.558. The van der Waals surface area contributed by atoms with E-state index in [1.165, 1.54) is 22.9 Å². The van der Waals surface area contributed by atoms with Gasteiger partial charge in [-0.2, -0.15) is 0 Å². The average Bonchev–Trinajstić information content (AvgIpc) is 2.38. The molecule has 0 atom stereocenters. The molecule has 0 aliphatic heterocycles. The van der Waals surface area contributed by atoms with Crippen LogP contribution in [-0.2, 0) is 0 Å².